The number of benzene rings is 2. The van der Waals surface area contributed by atoms with Crippen molar-refractivity contribution in [2.75, 3.05) is 30.9 Å². The molecule has 0 aliphatic rings. The number of pyridine rings is 1. The standard InChI is InChI=1S/C21H20BrN5O/c1-26(2)18-10-5-4-7-14(18)13-27(3)21-25-24-20(28-21)16-11-12-23-19-15(16)8-6-9-17(19)22/h4-12H,13H2,1-3H3. The van der Waals surface area contributed by atoms with Gasteiger partial charge in [0.2, 0.25) is 5.89 Å². The predicted octanol–water partition coefficient (Wildman–Crippen LogP) is 4.75. The van der Waals surface area contributed by atoms with Crippen LogP contribution in [0.1, 0.15) is 5.56 Å². The Balaban J connectivity index is 1.65. The van der Waals surface area contributed by atoms with Crippen LogP contribution in [0.25, 0.3) is 22.4 Å². The predicted molar refractivity (Wildman–Crippen MR) is 116 cm³/mol. The molecule has 0 bridgehead atoms. The van der Waals surface area contributed by atoms with Gasteiger partial charge in [0, 0.05) is 55.0 Å². The maximum Gasteiger partial charge on any atom is 0.318 e. The summed E-state index contributed by atoms with van der Waals surface area (Å²) in [6.45, 7) is 0.665. The molecule has 2 heterocycles. The van der Waals surface area contributed by atoms with E-state index in [1.54, 1.807) is 6.20 Å². The fraction of sp³-hybridized carbons (Fsp3) is 0.190. The van der Waals surface area contributed by atoms with Crippen LogP contribution >= 0.6 is 15.9 Å². The van der Waals surface area contributed by atoms with Crippen LogP contribution in [0, 0.1) is 0 Å². The summed E-state index contributed by atoms with van der Waals surface area (Å²) in [5, 5.41) is 9.50. The van der Waals surface area contributed by atoms with E-state index in [2.05, 4.69) is 48.1 Å². The highest BCUT2D eigenvalue weighted by molar-refractivity contribution is 9.10. The van der Waals surface area contributed by atoms with Crippen molar-refractivity contribution in [1.82, 2.24) is 15.2 Å². The molecule has 4 aromatic rings. The second kappa shape index (κ2) is 7.59. The summed E-state index contributed by atoms with van der Waals surface area (Å²) in [5.41, 5.74) is 4.09. The van der Waals surface area contributed by atoms with Crippen LogP contribution in [0.3, 0.4) is 0 Å². The summed E-state index contributed by atoms with van der Waals surface area (Å²) in [7, 11) is 6.03. The van der Waals surface area contributed by atoms with Gasteiger partial charge in [0.25, 0.3) is 0 Å². The first kappa shape index (κ1) is 18.4. The minimum Gasteiger partial charge on any atom is -0.403 e. The Morgan fingerprint density at radius 2 is 1.79 bits per heavy atom. The molecule has 0 radical (unpaired) electrons. The number of fused-ring (bicyclic) bond motifs is 1. The third-order valence-corrected chi connectivity index (χ3v) is 5.21. The average Bonchev–Trinajstić information content (AvgIpc) is 3.18. The molecule has 0 saturated carbocycles. The molecule has 7 heteroatoms. The minimum atomic E-state index is 0.475. The number of hydrogen-bond acceptors (Lipinski definition) is 6. The summed E-state index contributed by atoms with van der Waals surface area (Å²) in [6.07, 6.45) is 1.75. The van der Waals surface area contributed by atoms with Crippen LogP contribution in [-0.4, -0.2) is 36.3 Å². The van der Waals surface area contributed by atoms with E-state index in [-0.39, 0.29) is 0 Å². The molecule has 28 heavy (non-hydrogen) atoms. The molecule has 142 valence electrons. The lowest BCUT2D eigenvalue weighted by Crippen LogP contribution is -2.19. The molecular formula is C21H20BrN5O. The number of halogens is 1. The van der Waals surface area contributed by atoms with Crippen molar-refractivity contribution in [3.63, 3.8) is 0 Å². The summed E-state index contributed by atoms with van der Waals surface area (Å²) in [5.74, 6) is 0.480. The normalized spacial score (nSPS) is 11.0. The maximum absolute atomic E-state index is 6.00. The third kappa shape index (κ3) is 3.45. The van der Waals surface area contributed by atoms with Gasteiger partial charge < -0.3 is 14.2 Å². The van der Waals surface area contributed by atoms with Crippen LogP contribution < -0.4 is 9.80 Å². The highest BCUT2D eigenvalue weighted by Crippen LogP contribution is 2.31. The Bertz CT molecular complexity index is 1120. The van der Waals surface area contributed by atoms with Crippen molar-refractivity contribution in [1.29, 1.82) is 0 Å². The van der Waals surface area contributed by atoms with Crippen molar-refractivity contribution in [3.8, 4) is 11.5 Å². The number of para-hydroxylation sites is 2. The largest absolute Gasteiger partial charge is 0.403 e. The summed E-state index contributed by atoms with van der Waals surface area (Å²) < 4.78 is 6.93. The Morgan fingerprint density at radius 1 is 0.964 bits per heavy atom. The molecule has 4 rings (SSSR count). The summed E-state index contributed by atoms with van der Waals surface area (Å²) in [6, 6.07) is 16.6. The molecule has 0 spiro atoms. The highest BCUT2D eigenvalue weighted by atomic mass is 79.9. The second-order valence-electron chi connectivity index (χ2n) is 6.76. The van der Waals surface area contributed by atoms with Gasteiger partial charge in [-0.1, -0.05) is 35.4 Å². The number of anilines is 2. The zero-order valence-electron chi connectivity index (χ0n) is 15.9. The molecule has 0 saturated heterocycles. The lowest BCUT2D eigenvalue weighted by Gasteiger charge is -2.20. The molecular weight excluding hydrogens is 418 g/mol. The van der Waals surface area contributed by atoms with Crippen molar-refractivity contribution < 1.29 is 4.42 Å². The molecule has 2 aromatic carbocycles. The van der Waals surface area contributed by atoms with E-state index in [9.17, 15) is 0 Å². The molecule has 0 unspecified atom stereocenters. The van der Waals surface area contributed by atoms with E-state index in [1.807, 2.05) is 62.4 Å². The molecule has 6 nitrogen and oxygen atoms in total. The molecule has 0 atom stereocenters. The maximum atomic E-state index is 6.00. The van der Waals surface area contributed by atoms with Gasteiger partial charge in [0.15, 0.2) is 0 Å². The third-order valence-electron chi connectivity index (χ3n) is 4.57. The lowest BCUT2D eigenvalue weighted by molar-refractivity contribution is 0.555. The van der Waals surface area contributed by atoms with Gasteiger partial charge in [-0.25, -0.2) is 0 Å². The number of nitrogens with zero attached hydrogens (tertiary/aromatic N) is 5. The summed E-state index contributed by atoms with van der Waals surface area (Å²) in [4.78, 5) is 8.50. The van der Waals surface area contributed by atoms with Gasteiger partial charge in [-0.15, -0.1) is 5.10 Å². The quantitative estimate of drug-likeness (QED) is 0.448. The zero-order chi connectivity index (χ0) is 19.7. The first-order chi connectivity index (χ1) is 13.5. The van der Waals surface area contributed by atoms with E-state index in [1.165, 1.54) is 11.3 Å². The first-order valence-electron chi connectivity index (χ1n) is 8.88. The van der Waals surface area contributed by atoms with Gasteiger partial charge in [0.05, 0.1) is 5.52 Å². The second-order valence-corrected chi connectivity index (χ2v) is 7.62. The molecule has 0 aliphatic carbocycles. The fourth-order valence-electron chi connectivity index (χ4n) is 3.21. The van der Waals surface area contributed by atoms with Gasteiger partial charge >= 0.3 is 6.01 Å². The SMILES string of the molecule is CN(C)c1ccccc1CN(C)c1nnc(-c2ccnc3c(Br)cccc23)o1. The molecule has 2 aromatic heterocycles. The Morgan fingerprint density at radius 3 is 2.61 bits per heavy atom. The first-order valence-corrected chi connectivity index (χ1v) is 9.67. The van der Waals surface area contributed by atoms with Crippen molar-refractivity contribution in [3.05, 3.63) is 64.8 Å². The Kier molecular flexibility index (Phi) is 5.00. The number of rotatable bonds is 5. The zero-order valence-corrected chi connectivity index (χ0v) is 17.5. The monoisotopic (exact) mass is 437 g/mol. The van der Waals surface area contributed by atoms with Crippen LogP contribution in [0.4, 0.5) is 11.7 Å². The lowest BCUT2D eigenvalue weighted by atomic mass is 10.1. The smallest absolute Gasteiger partial charge is 0.318 e. The average molecular weight is 438 g/mol. The van der Waals surface area contributed by atoms with E-state index < -0.39 is 0 Å². The van der Waals surface area contributed by atoms with E-state index in [0.29, 0.717) is 18.5 Å². The van der Waals surface area contributed by atoms with Crippen LogP contribution in [0.2, 0.25) is 0 Å². The van der Waals surface area contributed by atoms with Crippen LogP contribution in [0.15, 0.2) is 63.6 Å². The molecule has 0 amide bonds. The van der Waals surface area contributed by atoms with Crippen molar-refractivity contribution in [2.45, 2.75) is 6.54 Å². The Labute approximate surface area is 171 Å². The van der Waals surface area contributed by atoms with Crippen molar-refractivity contribution >= 4 is 38.5 Å². The van der Waals surface area contributed by atoms with Gasteiger partial charge in [-0.3, -0.25) is 4.98 Å². The Hall–Kier alpha value is -2.93. The molecule has 0 fully saturated rings. The van der Waals surface area contributed by atoms with Gasteiger partial charge in [0.1, 0.15) is 0 Å². The number of hydrogen-bond donors (Lipinski definition) is 0. The van der Waals surface area contributed by atoms with Crippen molar-refractivity contribution in [2.24, 2.45) is 0 Å². The fourth-order valence-corrected chi connectivity index (χ4v) is 3.68. The highest BCUT2D eigenvalue weighted by Gasteiger charge is 2.16. The van der Waals surface area contributed by atoms with Crippen LogP contribution in [-0.2, 0) is 6.54 Å². The minimum absolute atomic E-state index is 0.475. The van der Waals surface area contributed by atoms with Gasteiger partial charge in [-0.05, 0) is 39.7 Å². The molecule has 0 N–H and O–H groups in total. The van der Waals surface area contributed by atoms with E-state index in [0.717, 1.165) is 20.9 Å². The van der Waals surface area contributed by atoms with Gasteiger partial charge in [-0.2, -0.15) is 0 Å². The molecule has 0 aliphatic heterocycles. The number of aromatic nitrogens is 3. The van der Waals surface area contributed by atoms with E-state index in [4.69, 9.17) is 4.42 Å². The topological polar surface area (TPSA) is 58.3 Å². The van der Waals surface area contributed by atoms with E-state index >= 15 is 0 Å². The van der Waals surface area contributed by atoms with Crippen LogP contribution in [0.5, 0.6) is 0 Å². The summed E-state index contributed by atoms with van der Waals surface area (Å²) >= 11 is 3.55.